The quantitative estimate of drug-likeness (QED) is 0.837. The second-order valence-electron chi connectivity index (χ2n) is 6.05. The molecule has 1 aromatic carbocycles. The molecule has 1 aliphatic carbocycles. The molecule has 0 heterocycles. The third-order valence-electron chi connectivity index (χ3n) is 4.49. The first-order valence-electron chi connectivity index (χ1n) is 6.94. The van der Waals surface area contributed by atoms with Crippen molar-refractivity contribution in [3.63, 3.8) is 0 Å². The molecule has 0 spiro atoms. The molecule has 1 fully saturated rings. The molecule has 0 radical (unpaired) electrons. The summed E-state index contributed by atoms with van der Waals surface area (Å²) in [5.74, 6) is -0.967. The molecule has 0 amide bonds. The Balaban J connectivity index is 2.37. The molecule has 2 nitrogen and oxygen atoms in total. The molecule has 118 valence electrons. The van der Waals surface area contributed by atoms with Crippen LogP contribution in [0.1, 0.15) is 43.4 Å². The molecular weight excluding hydrogens is 286 g/mol. The molecule has 3 unspecified atom stereocenters. The average Bonchev–Trinajstić information content (AvgIpc) is 2.80. The average molecular weight is 305 g/mol. The summed E-state index contributed by atoms with van der Waals surface area (Å²) in [6, 6.07) is 2.65. The van der Waals surface area contributed by atoms with Crippen LogP contribution in [0.4, 0.5) is 17.6 Å². The highest BCUT2D eigenvalue weighted by molar-refractivity contribution is 5.30. The lowest BCUT2D eigenvalue weighted by atomic mass is 9.76. The van der Waals surface area contributed by atoms with Crippen molar-refractivity contribution in [1.82, 2.24) is 0 Å². The fraction of sp³-hybridized carbons (Fsp3) is 0.600. The first kappa shape index (κ1) is 16.2. The number of rotatable bonds is 3. The van der Waals surface area contributed by atoms with Gasteiger partial charge in [0.15, 0.2) is 0 Å². The van der Waals surface area contributed by atoms with E-state index in [4.69, 9.17) is 5.73 Å². The van der Waals surface area contributed by atoms with Crippen LogP contribution in [-0.2, 0) is 6.18 Å². The Hall–Kier alpha value is -1.14. The Bertz CT molecular complexity index is 517. The van der Waals surface area contributed by atoms with E-state index in [9.17, 15) is 22.7 Å². The Labute approximate surface area is 121 Å². The van der Waals surface area contributed by atoms with Crippen LogP contribution in [0.25, 0.3) is 0 Å². The largest absolute Gasteiger partial charge is 0.419 e. The molecule has 1 saturated carbocycles. The minimum atomic E-state index is -4.78. The molecule has 2 rings (SSSR count). The summed E-state index contributed by atoms with van der Waals surface area (Å²) in [5.41, 5.74) is 3.86. The molecule has 6 heteroatoms. The second kappa shape index (κ2) is 5.57. The molecule has 3 N–H and O–H groups in total. The van der Waals surface area contributed by atoms with E-state index in [1.165, 1.54) is 6.07 Å². The van der Waals surface area contributed by atoms with Gasteiger partial charge in [-0.15, -0.1) is 0 Å². The lowest BCUT2D eigenvalue weighted by Gasteiger charge is -2.34. The summed E-state index contributed by atoms with van der Waals surface area (Å²) in [4.78, 5) is 0. The van der Waals surface area contributed by atoms with Gasteiger partial charge in [0, 0.05) is 12.0 Å². The van der Waals surface area contributed by atoms with Crippen molar-refractivity contribution >= 4 is 0 Å². The summed E-state index contributed by atoms with van der Waals surface area (Å²) in [6.07, 6.45) is -3.71. The minimum Gasteiger partial charge on any atom is -0.388 e. The highest BCUT2D eigenvalue weighted by Gasteiger charge is 2.44. The fourth-order valence-corrected chi connectivity index (χ4v) is 3.26. The molecule has 3 atom stereocenters. The lowest BCUT2D eigenvalue weighted by Crippen LogP contribution is -2.34. The van der Waals surface area contributed by atoms with Crippen LogP contribution < -0.4 is 5.73 Å². The fourth-order valence-electron chi connectivity index (χ4n) is 3.26. The molecule has 1 aromatic rings. The van der Waals surface area contributed by atoms with Gasteiger partial charge >= 0.3 is 6.18 Å². The van der Waals surface area contributed by atoms with E-state index in [-0.39, 0.29) is 12.1 Å². The van der Waals surface area contributed by atoms with Gasteiger partial charge in [0.05, 0.1) is 11.7 Å². The van der Waals surface area contributed by atoms with Gasteiger partial charge in [-0.3, -0.25) is 0 Å². The van der Waals surface area contributed by atoms with Gasteiger partial charge in [-0.25, -0.2) is 4.39 Å². The predicted molar refractivity (Wildman–Crippen MR) is 70.9 cm³/mol. The number of benzene rings is 1. The van der Waals surface area contributed by atoms with Gasteiger partial charge in [0.1, 0.15) is 5.82 Å². The molecular formula is C15H19F4NO. The third-order valence-corrected chi connectivity index (χ3v) is 4.49. The van der Waals surface area contributed by atoms with Gasteiger partial charge in [-0.05, 0) is 36.5 Å². The van der Waals surface area contributed by atoms with Crippen LogP contribution in [-0.4, -0.2) is 11.7 Å². The molecule has 0 bridgehead atoms. The maximum Gasteiger partial charge on any atom is 0.419 e. The van der Waals surface area contributed by atoms with Crippen LogP contribution in [0.5, 0.6) is 0 Å². The standard InChI is InChI=1S/C15H19F4NO/c1-9-4-5-14(7-9,8-20)13(21)10-2-3-12(16)11(6-10)15(17,18)19/h2-3,6,9,13,21H,4-5,7-8,20H2,1H3. The zero-order valence-corrected chi connectivity index (χ0v) is 11.8. The van der Waals surface area contributed by atoms with Crippen molar-refractivity contribution in [2.75, 3.05) is 6.54 Å². The van der Waals surface area contributed by atoms with E-state index in [2.05, 4.69) is 0 Å². The van der Waals surface area contributed by atoms with Gasteiger partial charge < -0.3 is 10.8 Å². The highest BCUT2D eigenvalue weighted by atomic mass is 19.4. The summed E-state index contributed by atoms with van der Waals surface area (Å²) in [7, 11) is 0. The van der Waals surface area contributed by atoms with E-state index in [0.717, 1.165) is 12.5 Å². The molecule has 0 aromatic heterocycles. The van der Waals surface area contributed by atoms with Crippen molar-refractivity contribution in [2.24, 2.45) is 17.1 Å². The molecule has 21 heavy (non-hydrogen) atoms. The van der Waals surface area contributed by atoms with Crippen molar-refractivity contribution in [3.8, 4) is 0 Å². The monoisotopic (exact) mass is 305 g/mol. The van der Waals surface area contributed by atoms with Crippen molar-refractivity contribution in [2.45, 2.75) is 38.5 Å². The first-order chi connectivity index (χ1) is 9.69. The number of aliphatic hydroxyl groups excluding tert-OH is 1. The molecule has 1 aliphatic rings. The van der Waals surface area contributed by atoms with Crippen LogP contribution in [0.3, 0.4) is 0 Å². The summed E-state index contributed by atoms with van der Waals surface area (Å²) in [5, 5.41) is 10.5. The van der Waals surface area contributed by atoms with E-state index in [0.29, 0.717) is 24.8 Å². The van der Waals surface area contributed by atoms with Gasteiger partial charge in [0.25, 0.3) is 0 Å². The van der Waals surface area contributed by atoms with Crippen LogP contribution in [0.15, 0.2) is 18.2 Å². The van der Waals surface area contributed by atoms with Crippen molar-refractivity contribution in [3.05, 3.63) is 35.1 Å². The molecule has 0 aliphatic heterocycles. The number of nitrogens with two attached hydrogens (primary N) is 1. The van der Waals surface area contributed by atoms with Gasteiger partial charge in [0.2, 0.25) is 0 Å². The third kappa shape index (κ3) is 3.06. The Morgan fingerprint density at radius 3 is 2.57 bits per heavy atom. The van der Waals surface area contributed by atoms with Crippen LogP contribution in [0.2, 0.25) is 0 Å². The predicted octanol–water partition coefficient (Wildman–Crippen LogP) is 3.64. The van der Waals surface area contributed by atoms with E-state index >= 15 is 0 Å². The number of halogens is 4. The zero-order valence-electron chi connectivity index (χ0n) is 11.8. The van der Waals surface area contributed by atoms with E-state index in [1.54, 1.807) is 0 Å². The van der Waals surface area contributed by atoms with Gasteiger partial charge in [-0.1, -0.05) is 19.4 Å². The number of hydrogen-bond acceptors (Lipinski definition) is 2. The Morgan fingerprint density at radius 2 is 2.10 bits per heavy atom. The number of alkyl halides is 3. The van der Waals surface area contributed by atoms with Crippen LogP contribution in [0, 0.1) is 17.2 Å². The topological polar surface area (TPSA) is 46.2 Å². The highest BCUT2D eigenvalue weighted by Crippen LogP contribution is 2.49. The van der Waals surface area contributed by atoms with Crippen molar-refractivity contribution in [1.29, 1.82) is 0 Å². The summed E-state index contributed by atoms with van der Waals surface area (Å²) in [6.45, 7) is 2.22. The number of hydrogen-bond donors (Lipinski definition) is 2. The second-order valence-corrected chi connectivity index (χ2v) is 6.05. The maximum absolute atomic E-state index is 13.3. The van der Waals surface area contributed by atoms with E-state index < -0.39 is 29.1 Å². The first-order valence-corrected chi connectivity index (χ1v) is 6.94. The molecule has 0 saturated heterocycles. The van der Waals surface area contributed by atoms with Crippen molar-refractivity contribution < 1.29 is 22.7 Å². The lowest BCUT2D eigenvalue weighted by molar-refractivity contribution is -0.140. The number of aliphatic hydroxyl groups is 1. The Morgan fingerprint density at radius 1 is 1.43 bits per heavy atom. The van der Waals surface area contributed by atoms with E-state index in [1.807, 2.05) is 6.92 Å². The SMILES string of the molecule is CC1CCC(CN)(C(O)c2ccc(F)c(C(F)(F)F)c2)C1. The zero-order chi connectivity index (χ0) is 15.8. The van der Waals surface area contributed by atoms with Gasteiger partial charge in [-0.2, -0.15) is 13.2 Å². The summed E-state index contributed by atoms with van der Waals surface area (Å²) < 4.78 is 51.6. The van der Waals surface area contributed by atoms with Crippen LogP contribution >= 0.6 is 0 Å². The normalized spacial score (nSPS) is 27.9. The smallest absolute Gasteiger partial charge is 0.388 e. The minimum absolute atomic E-state index is 0.0725. The maximum atomic E-state index is 13.3. The summed E-state index contributed by atoms with van der Waals surface area (Å²) >= 11 is 0. The Kier molecular flexibility index (Phi) is 4.31.